The third-order valence-electron chi connectivity index (χ3n) is 3.70. The van der Waals surface area contributed by atoms with E-state index in [0.29, 0.717) is 5.75 Å². The molecule has 0 aliphatic rings. The highest BCUT2D eigenvalue weighted by atomic mass is 16.3. The molecule has 0 aliphatic carbocycles. The minimum absolute atomic E-state index is 0.297. The van der Waals surface area contributed by atoms with E-state index in [1.807, 2.05) is 17.7 Å². The van der Waals surface area contributed by atoms with E-state index in [-0.39, 0.29) is 0 Å². The maximum atomic E-state index is 9.61. The van der Waals surface area contributed by atoms with Gasteiger partial charge in [0.2, 0.25) is 0 Å². The predicted molar refractivity (Wildman–Crippen MR) is 83.3 cm³/mol. The van der Waals surface area contributed by atoms with Crippen molar-refractivity contribution in [3.63, 3.8) is 0 Å². The van der Waals surface area contributed by atoms with Crippen molar-refractivity contribution in [2.75, 3.05) is 5.43 Å². The van der Waals surface area contributed by atoms with Crippen LogP contribution in [0.5, 0.6) is 5.75 Å². The summed E-state index contributed by atoms with van der Waals surface area (Å²) in [5, 5.41) is 10.7. The average Bonchev–Trinajstić information content (AvgIpc) is 2.70. The van der Waals surface area contributed by atoms with Crippen LogP contribution in [-0.2, 0) is 0 Å². The van der Waals surface area contributed by atoms with Gasteiger partial charge in [-0.05, 0) is 55.7 Å². The molecule has 3 nitrogen and oxygen atoms in total. The van der Waals surface area contributed by atoms with Crippen molar-refractivity contribution in [3.05, 3.63) is 59.3 Å². The number of fused-ring (bicyclic) bond motifs is 1. The van der Waals surface area contributed by atoms with Gasteiger partial charge in [-0.1, -0.05) is 18.2 Å². The Morgan fingerprint density at radius 3 is 2.35 bits per heavy atom. The molecule has 0 saturated heterocycles. The van der Waals surface area contributed by atoms with Crippen molar-refractivity contribution >= 4 is 16.6 Å². The summed E-state index contributed by atoms with van der Waals surface area (Å²) in [5.41, 5.74) is 9.20. The molecule has 0 spiro atoms. The number of nitrogens with zero attached hydrogens (tertiary/aromatic N) is 1. The lowest BCUT2D eigenvalue weighted by atomic mass is 10.1. The van der Waals surface area contributed by atoms with E-state index in [0.717, 1.165) is 22.2 Å². The average molecular weight is 266 g/mol. The summed E-state index contributed by atoms with van der Waals surface area (Å²) >= 11 is 0. The Hall–Kier alpha value is -2.42. The highest BCUT2D eigenvalue weighted by Crippen LogP contribution is 2.26. The fourth-order valence-electron chi connectivity index (χ4n) is 2.59. The van der Waals surface area contributed by atoms with Gasteiger partial charge in [0.05, 0.1) is 11.2 Å². The molecule has 0 atom stereocenters. The number of phenolic OH excluding ortho intramolecular Hbond substituents is 1. The first-order valence-electron chi connectivity index (χ1n) is 6.70. The number of hydrogen-bond acceptors (Lipinski definition) is 2. The van der Waals surface area contributed by atoms with Gasteiger partial charge in [0.1, 0.15) is 5.75 Å². The Balaban J connectivity index is 2.12. The molecule has 0 saturated carbocycles. The second kappa shape index (κ2) is 4.60. The molecule has 3 aromatic rings. The lowest BCUT2D eigenvalue weighted by molar-refractivity contribution is 0.476. The predicted octanol–water partition coefficient (Wildman–Crippen LogP) is 4.15. The monoisotopic (exact) mass is 266 g/mol. The molecule has 3 rings (SSSR count). The first-order valence-corrected chi connectivity index (χ1v) is 6.70. The summed E-state index contributed by atoms with van der Waals surface area (Å²) in [6, 6.07) is 11.7. The Morgan fingerprint density at radius 2 is 1.65 bits per heavy atom. The molecule has 1 heterocycles. The van der Waals surface area contributed by atoms with Crippen molar-refractivity contribution in [1.29, 1.82) is 0 Å². The van der Waals surface area contributed by atoms with Crippen molar-refractivity contribution in [3.8, 4) is 5.75 Å². The third kappa shape index (κ3) is 2.01. The molecule has 1 aromatic heterocycles. The second-order valence-corrected chi connectivity index (χ2v) is 5.26. The van der Waals surface area contributed by atoms with Crippen LogP contribution < -0.4 is 5.43 Å². The molecule has 20 heavy (non-hydrogen) atoms. The zero-order valence-electron chi connectivity index (χ0n) is 11.9. The SMILES string of the molecule is Cc1cccc(C)c1Nn1cc(C)c2cc(O)ccc21. The molecular weight excluding hydrogens is 248 g/mol. The van der Waals surface area contributed by atoms with Crippen LogP contribution in [-0.4, -0.2) is 9.78 Å². The Morgan fingerprint density at radius 1 is 0.950 bits per heavy atom. The topological polar surface area (TPSA) is 37.2 Å². The number of rotatable bonds is 2. The third-order valence-corrected chi connectivity index (χ3v) is 3.70. The number of aryl methyl sites for hydroxylation is 3. The first kappa shape index (κ1) is 12.6. The number of aromatic hydroxyl groups is 1. The van der Waals surface area contributed by atoms with Gasteiger partial charge < -0.3 is 5.11 Å². The van der Waals surface area contributed by atoms with Crippen LogP contribution in [0.4, 0.5) is 5.69 Å². The highest BCUT2D eigenvalue weighted by molar-refractivity contribution is 5.85. The fraction of sp³-hybridized carbons (Fsp3) is 0.176. The first-order chi connectivity index (χ1) is 9.56. The number of anilines is 1. The quantitative estimate of drug-likeness (QED) is 0.731. The van der Waals surface area contributed by atoms with Crippen molar-refractivity contribution in [2.45, 2.75) is 20.8 Å². The molecule has 0 unspecified atom stereocenters. The van der Waals surface area contributed by atoms with Gasteiger partial charge in [-0.2, -0.15) is 0 Å². The van der Waals surface area contributed by atoms with E-state index in [2.05, 4.69) is 43.7 Å². The number of hydrogen-bond donors (Lipinski definition) is 2. The summed E-state index contributed by atoms with van der Waals surface area (Å²) in [6.45, 7) is 6.24. The maximum Gasteiger partial charge on any atom is 0.116 e. The molecule has 2 aromatic carbocycles. The number of nitrogens with one attached hydrogen (secondary N) is 1. The van der Waals surface area contributed by atoms with Gasteiger partial charge in [-0.25, -0.2) is 0 Å². The summed E-state index contributed by atoms with van der Waals surface area (Å²) in [6.07, 6.45) is 2.05. The van der Waals surface area contributed by atoms with Crippen LogP contribution in [0.25, 0.3) is 10.9 Å². The van der Waals surface area contributed by atoms with E-state index in [1.165, 1.54) is 11.1 Å². The van der Waals surface area contributed by atoms with Crippen LogP contribution in [0.15, 0.2) is 42.6 Å². The lowest BCUT2D eigenvalue weighted by Gasteiger charge is -2.14. The molecule has 0 amide bonds. The lowest BCUT2D eigenvalue weighted by Crippen LogP contribution is -2.09. The number of benzene rings is 2. The minimum atomic E-state index is 0.297. The van der Waals surface area contributed by atoms with E-state index in [4.69, 9.17) is 0 Å². The molecule has 0 aliphatic heterocycles. The van der Waals surface area contributed by atoms with Crippen LogP contribution in [0.3, 0.4) is 0 Å². The van der Waals surface area contributed by atoms with Crippen LogP contribution in [0.2, 0.25) is 0 Å². The van der Waals surface area contributed by atoms with E-state index in [1.54, 1.807) is 12.1 Å². The van der Waals surface area contributed by atoms with Gasteiger partial charge in [-0.15, -0.1) is 0 Å². The van der Waals surface area contributed by atoms with Gasteiger partial charge in [0.25, 0.3) is 0 Å². The number of aromatic nitrogens is 1. The van der Waals surface area contributed by atoms with Gasteiger partial charge in [0.15, 0.2) is 0 Å². The maximum absolute atomic E-state index is 9.61. The molecule has 0 fully saturated rings. The van der Waals surface area contributed by atoms with E-state index < -0.39 is 0 Å². The highest BCUT2D eigenvalue weighted by Gasteiger charge is 2.08. The summed E-state index contributed by atoms with van der Waals surface area (Å²) in [5.74, 6) is 0.297. The smallest absolute Gasteiger partial charge is 0.116 e. The van der Waals surface area contributed by atoms with Crippen LogP contribution in [0, 0.1) is 20.8 Å². The molecular formula is C17H18N2O. The zero-order chi connectivity index (χ0) is 14.3. The molecule has 0 bridgehead atoms. The standard InChI is InChI=1S/C17H18N2O/c1-11-5-4-6-12(2)17(11)18-19-10-13(3)15-9-14(20)7-8-16(15)19/h4-10,18,20H,1-3H3. The Labute approximate surface area is 118 Å². The van der Waals surface area contributed by atoms with Crippen molar-refractivity contribution < 1.29 is 5.11 Å². The van der Waals surface area contributed by atoms with Gasteiger partial charge in [0, 0.05) is 11.6 Å². The van der Waals surface area contributed by atoms with Crippen LogP contribution in [0.1, 0.15) is 16.7 Å². The summed E-state index contributed by atoms with van der Waals surface area (Å²) in [4.78, 5) is 0. The molecule has 2 N–H and O–H groups in total. The largest absolute Gasteiger partial charge is 0.508 e. The zero-order valence-corrected chi connectivity index (χ0v) is 11.9. The number of para-hydroxylation sites is 1. The van der Waals surface area contributed by atoms with E-state index >= 15 is 0 Å². The van der Waals surface area contributed by atoms with Crippen LogP contribution >= 0.6 is 0 Å². The van der Waals surface area contributed by atoms with Crippen molar-refractivity contribution in [2.24, 2.45) is 0 Å². The molecule has 0 radical (unpaired) electrons. The Kier molecular flexibility index (Phi) is 2.90. The fourth-order valence-corrected chi connectivity index (χ4v) is 2.59. The normalized spacial score (nSPS) is 10.9. The van der Waals surface area contributed by atoms with Crippen molar-refractivity contribution in [1.82, 2.24) is 4.68 Å². The van der Waals surface area contributed by atoms with E-state index in [9.17, 15) is 5.11 Å². The minimum Gasteiger partial charge on any atom is -0.508 e. The molecule has 102 valence electrons. The Bertz CT molecular complexity index is 767. The number of phenols is 1. The van der Waals surface area contributed by atoms with Gasteiger partial charge in [-0.3, -0.25) is 10.1 Å². The summed E-state index contributed by atoms with van der Waals surface area (Å²) in [7, 11) is 0. The van der Waals surface area contributed by atoms with Gasteiger partial charge >= 0.3 is 0 Å². The molecule has 3 heteroatoms. The summed E-state index contributed by atoms with van der Waals surface area (Å²) < 4.78 is 2.01. The second-order valence-electron chi connectivity index (χ2n) is 5.26.